The summed E-state index contributed by atoms with van der Waals surface area (Å²) in [7, 11) is 1.85. The highest BCUT2D eigenvalue weighted by atomic mass is 16.3. The molecule has 1 N–H and O–H groups in total. The number of carbonyl (C=O) groups is 1. The molecule has 0 spiro atoms. The van der Waals surface area contributed by atoms with Crippen LogP contribution in [-0.2, 0) is 0 Å². The fraction of sp³-hybridized carbons (Fsp3) is 0.500. The zero-order chi connectivity index (χ0) is 13.0. The number of aliphatic hydroxyl groups is 1. The van der Waals surface area contributed by atoms with E-state index in [4.69, 9.17) is 5.11 Å². The molecule has 0 bridgehead atoms. The molecule has 0 aliphatic heterocycles. The minimum Gasteiger partial charge on any atom is -0.395 e. The van der Waals surface area contributed by atoms with Crippen molar-refractivity contribution >= 4 is 5.78 Å². The van der Waals surface area contributed by atoms with E-state index >= 15 is 0 Å². The van der Waals surface area contributed by atoms with E-state index in [1.165, 1.54) is 0 Å². The fourth-order valence-electron chi connectivity index (χ4n) is 1.73. The van der Waals surface area contributed by atoms with Crippen LogP contribution in [0.15, 0.2) is 18.2 Å². The number of carbonyl (C=O) groups excluding carboxylic acids is 1. The fourth-order valence-corrected chi connectivity index (χ4v) is 1.73. The zero-order valence-electron chi connectivity index (χ0n) is 11.0. The second kappa shape index (κ2) is 5.94. The van der Waals surface area contributed by atoms with Gasteiger partial charge in [0, 0.05) is 11.6 Å². The molecule has 17 heavy (non-hydrogen) atoms. The molecule has 0 saturated carbocycles. The first-order chi connectivity index (χ1) is 7.95. The average molecular weight is 235 g/mol. The average Bonchev–Trinajstić information content (AvgIpc) is 2.27. The molecule has 1 rings (SSSR count). The molecule has 1 unspecified atom stereocenters. The topological polar surface area (TPSA) is 40.5 Å². The van der Waals surface area contributed by atoms with Crippen molar-refractivity contribution in [3.05, 3.63) is 34.9 Å². The molecule has 1 atom stereocenters. The highest BCUT2D eigenvalue weighted by Crippen LogP contribution is 2.12. The third-order valence-corrected chi connectivity index (χ3v) is 3.09. The van der Waals surface area contributed by atoms with E-state index in [0.29, 0.717) is 6.54 Å². The summed E-state index contributed by atoms with van der Waals surface area (Å²) in [6.07, 6.45) is 0. The Labute approximate surface area is 103 Å². The maximum absolute atomic E-state index is 12.1. The molecule has 0 aromatic heterocycles. The van der Waals surface area contributed by atoms with Gasteiger partial charge in [-0.3, -0.25) is 9.69 Å². The number of benzene rings is 1. The van der Waals surface area contributed by atoms with Crippen molar-refractivity contribution in [2.24, 2.45) is 0 Å². The second-order valence-electron chi connectivity index (χ2n) is 4.69. The van der Waals surface area contributed by atoms with Gasteiger partial charge in [-0.05, 0) is 33.4 Å². The smallest absolute Gasteiger partial charge is 0.177 e. The van der Waals surface area contributed by atoms with E-state index in [-0.39, 0.29) is 18.4 Å². The Morgan fingerprint density at radius 3 is 2.59 bits per heavy atom. The van der Waals surface area contributed by atoms with Crippen LogP contribution in [0.3, 0.4) is 0 Å². The van der Waals surface area contributed by atoms with Gasteiger partial charge in [0.15, 0.2) is 5.78 Å². The van der Waals surface area contributed by atoms with Crippen molar-refractivity contribution in [1.29, 1.82) is 0 Å². The first-order valence-electron chi connectivity index (χ1n) is 5.87. The lowest BCUT2D eigenvalue weighted by molar-refractivity contribution is 0.0889. The molecule has 0 aliphatic rings. The van der Waals surface area contributed by atoms with Gasteiger partial charge in [-0.1, -0.05) is 23.8 Å². The van der Waals surface area contributed by atoms with Crippen LogP contribution in [0.5, 0.6) is 0 Å². The predicted molar refractivity (Wildman–Crippen MR) is 69.4 cm³/mol. The predicted octanol–water partition coefficient (Wildman–Crippen LogP) is 1.80. The number of likely N-dealkylation sites (N-methyl/N-ethyl adjacent to an activating group) is 1. The number of Topliss-reactive ketones (excluding diaryl/α,β-unsaturated/α-hetero) is 1. The molecule has 94 valence electrons. The van der Waals surface area contributed by atoms with Crippen LogP contribution in [0.4, 0.5) is 0 Å². The zero-order valence-corrected chi connectivity index (χ0v) is 11.0. The summed E-state index contributed by atoms with van der Waals surface area (Å²) in [6, 6.07) is 5.85. The number of hydrogen-bond acceptors (Lipinski definition) is 3. The SMILES string of the molecule is Cc1ccc(C(=O)CN(C)C(C)CO)c(C)c1. The summed E-state index contributed by atoms with van der Waals surface area (Å²) in [5.74, 6) is 0.102. The van der Waals surface area contributed by atoms with Crippen LogP contribution >= 0.6 is 0 Å². The van der Waals surface area contributed by atoms with E-state index in [1.807, 2.05) is 50.9 Å². The molecule has 0 heterocycles. The summed E-state index contributed by atoms with van der Waals surface area (Å²) in [5.41, 5.74) is 2.95. The van der Waals surface area contributed by atoms with Gasteiger partial charge in [-0.2, -0.15) is 0 Å². The quantitative estimate of drug-likeness (QED) is 0.791. The maximum atomic E-state index is 12.1. The minimum atomic E-state index is 0.00436. The van der Waals surface area contributed by atoms with E-state index in [0.717, 1.165) is 16.7 Å². The van der Waals surface area contributed by atoms with Crippen LogP contribution in [-0.4, -0.2) is 42.0 Å². The third kappa shape index (κ3) is 3.65. The molecule has 0 saturated heterocycles. The van der Waals surface area contributed by atoms with Gasteiger partial charge in [0.1, 0.15) is 0 Å². The molecule has 1 aromatic carbocycles. The van der Waals surface area contributed by atoms with E-state index in [9.17, 15) is 4.79 Å². The summed E-state index contributed by atoms with van der Waals surface area (Å²) in [6.45, 7) is 6.27. The van der Waals surface area contributed by atoms with Crippen molar-refractivity contribution < 1.29 is 9.90 Å². The Morgan fingerprint density at radius 1 is 1.41 bits per heavy atom. The van der Waals surface area contributed by atoms with Crippen molar-refractivity contribution in [2.45, 2.75) is 26.8 Å². The lowest BCUT2D eigenvalue weighted by Gasteiger charge is -2.22. The van der Waals surface area contributed by atoms with Crippen LogP contribution in [0.1, 0.15) is 28.4 Å². The maximum Gasteiger partial charge on any atom is 0.177 e. The van der Waals surface area contributed by atoms with Gasteiger partial charge in [-0.15, -0.1) is 0 Å². The van der Waals surface area contributed by atoms with Crippen molar-refractivity contribution in [3.63, 3.8) is 0 Å². The van der Waals surface area contributed by atoms with E-state index in [1.54, 1.807) is 0 Å². The first kappa shape index (κ1) is 13.9. The Kier molecular flexibility index (Phi) is 4.85. The molecular weight excluding hydrogens is 214 g/mol. The highest BCUT2D eigenvalue weighted by Gasteiger charge is 2.15. The number of rotatable bonds is 5. The molecule has 3 heteroatoms. The Hall–Kier alpha value is -1.19. The monoisotopic (exact) mass is 235 g/mol. The largest absolute Gasteiger partial charge is 0.395 e. The highest BCUT2D eigenvalue weighted by molar-refractivity contribution is 5.98. The van der Waals surface area contributed by atoms with Crippen LogP contribution in [0.2, 0.25) is 0 Å². The van der Waals surface area contributed by atoms with Gasteiger partial charge < -0.3 is 5.11 Å². The molecule has 0 amide bonds. The first-order valence-corrected chi connectivity index (χ1v) is 5.87. The number of aliphatic hydroxyl groups excluding tert-OH is 1. The number of aryl methyl sites for hydroxylation is 2. The molecule has 0 fully saturated rings. The second-order valence-corrected chi connectivity index (χ2v) is 4.69. The van der Waals surface area contributed by atoms with Gasteiger partial charge in [0.25, 0.3) is 0 Å². The lowest BCUT2D eigenvalue weighted by Crippen LogP contribution is -2.36. The summed E-state index contributed by atoms with van der Waals surface area (Å²) in [4.78, 5) is 13.9. The summed E-state index contributed by atoms with van der Waals surface area (Å²) in [5, 5.41) is 9.03. The molecule has 0 aliphatic carbocycles. The standard InChI is InChI=1S/C14H21NO2/c1-10-5-6-13(11(2)7-10)14(17)8-15(4)12(3)9-16/h5-7,12,16H,8-9H2,1-4H3. The normalized spacial score (nSPS) is 12.8. The summed E-state index contributed by atoms with van der Waals surface area (Å²) < 4.78 is 0. The number of nitrogens with zero attached hydrogens (tertiary/aromatic N) is 1. The van der Waals surface area contributed by atoms with Crippen molar-refractivity contribution in [2.75, 3.05) is 20.2 Å². The van der Waals surface area contributed by atoms with Crippen LogP contribution in [0, 0.1) is 13.8 Å². The van der Waals surface area contributed by atoms with Gasteiger partial charge in [-0.25, -0.2) is 0 Å². The minimum absolute atomic E-state index is 0.00436. The third-order valence-electron chi connectivity index (χ3n) is 3.09. The van der Waals surface area contributed by atoms with Crippen LogP contribution < -0.4 is 0 Å². The van der Waals surface area contributed by atoms with Crippen molar-refractivity contribution in [3.8, 4) is 0 Å². The molecule has 1 aromatic rings. The van der Waals surface area contributed by atoms with Crippen molar-refractivity contribution in [1.82, 2.24) is 4.90 Å². The lowest BCUT2D eigenvalue weighted by atomic mass is 10.0. The Balaban J connectivity index is 2.76. The number of ketones is 1. The molecule has 0 radical (unpaired) electrons. The Morgan fingerprint density at radius 2 is 2.06 bits per heavy atom. The molecule has 3 nitrogen and oxygen atoms in total. The summed E-state index contributed by atoms with van der Waals surface area (Å²) >= 11 is 0. The van der Waals surface area contributed by atoms with Gasteiger partial charge in [0.05, 0.1) is 13.2 Å². The van der Waals surface area contributed by atoms with E-state index in [2.05, 4.69) is 0 Å². The van der Waals surface area contributed by atoms with Gasteiger partial charge >= 0.3 is 0 Å². The van der Waals surface area contributed by atoms with Gasteiger partial charge in [0.2, 0.25) is 0 Å². The number of hydrogen-bond donors (Lipinski definition) is 1. The van der Waals surface area contributed by atoms with E-state index < -0.39 is 0 Å². The van der Waals surface area contributed by atoms with Crippen LogP contribution in [0.25, 0.3) is 0 Å². The Bertz CT molecular complexity index is 401. The molecular formula is C14H21NO2.